The summed E-state index contributed by atoms with van der Waals surface area (Å²) in [4.78, 5) is 13.8. The summed E-state index contributed by atoms with van der Waals surface area (Å²) >= 11 is 0. The van der Waals surface area contributed by atoms with E-state index in [1.807, 2.05) is 0 Å². The van der Waals surface area contributed by atoms with Gasteiger partial charge in [0.15, 0.2) is 0 Å². The molecule has 202 valence electrons. The van der Waals surface area contributed by atoms with Gasteiger partial charge in [0.1, 0.15) is 63.1 Å². The van der Waals surface area contributed by atoms with Gasteiger partial charge in [0.25, 0.3) is 0 Å². The molecule has 40 heavy (non-hydrogen) atoms. The highest BCUT2D eigenvalue weighted by molar-refractivity contribution is 5.96. The zero-order valence-corrected chi connectivity index (χ0v) is 20.6. The van der Waals surface area contributed by atoms with Crippen LogP contribution in [-0.4, -0.2) is 41.8 Å². The first-order valence-electron chi connectivity index (χ1n) is 12.2. The van der Waals surface area contributed by atoms with Crippen LogP contribution in [0.1, 0.15) is 17.2 Å². The van der Waals surface area contributed by atoms with Crippen LogP contribution in [0.4, 0.5) is 0 Å². The van der Waals surface area contributed by atoms with Crippen molar-refractivity contribution in [3.63, 3.8) is 0 Å². The van der Waals surface area contributed by atoms with Crippen LogP contribution in [-0.2, 0) is 6.42 Å². The second-order valence-corrected chi connectivity index (χ2v) is 9.52. The molecule has 1 aliphatic rings. The second-order valence-electron chi connectivity index (χ2n) is 9.52. The van der Waals surface area contributed by atoms with Crippen LogP contribution in [0.2, 0.25) is 0 Å². The van der Waals surface area contributed by atoms with E-state index < -0.39 is 34.9 Å². The van der Waals surface area contributed by atoms with Crippen molar-refractivity contribution in [1.82, 2.24) is 0 Å². The van der Waals surface area contributed by atoms with Gasteiger partial charge < -0.3 is 44.9 Å². The molecule has 0 bridgehead atoms. The van der Waals surface area contributed by atoms with Gasteiger partial charge in [0, 0.05) is 35.7 Å². The zero-order chi connectivity index (χ0) is 28.3. The molecular formula is C30H22O10. The van der Waals surface area contributed by atoms with E-state index in [-0.39, 0.29) is 68.4 Å². The van der Waals surface area contributed by atoms with Gasteiger partial charge in [-0.25, -0.2) is 0 Å². The van der Waals surface area contributed by atoms with E-state index in [1.165, 1.54) is 42.5 Å². The maximum Gasteiger partial charge on any atom is 0.205 e. The smallest absolute Gasteiger partial charge is 0.205 e. The Balaban J connectivity index is 1.59. The molecule has 1 aromatic heterocycles. The molecule has 10 nitrogen and oxygen atoms in total. The topological polar surface area (TPSA) is 181 Å². The van der Waals surface area contributed by atoms with Crippen LogP contribution in [0.25, 0.3) is 33.4 Å². The monoisotopic (exact) mass is 542 g/mol. The van der Waals surface area contributed by atoms with Crippen LogP contribution < -0.4 is 10.2 Å². The number of benzene rings is 4. The summed E-state index contributed by atoms with van der Waals surface area (Å²) < 4.78 is 11.9. The highest BCUT2D eigenvalue weighted by atomic mass is 16.5. The summed E-state index contributed by atoms with van der Waals surface area (Å²) in [6.07, 6.45) is -2.09. The van der Waals surface area contributed by atoms with E-state index >= 15 is 0 Å². The van der Waals surface area contributed by atoms with Crippen LogP contribution in [0.5, 0.6) is 40.2 Å². The zero-order valence-electron chi connectivity index (χ0n) is 20.6. The molecule has 0 spiro atoms. The van der Waals surface area contributed by atoms with Gasteiger partial charge in [-0.1, -0.05) is 12.1 Å². The number of phenolic OH excluding ortho intramolecular Hbond substituents is 6. The number of fused-ring (bicyclic) bond motifs is 2. The lowest BCUT2D eigenvalue weighted by Gasteiger charge is -2.32. The molecule has 5 aromatic rings. The first-order valence-corrected chi connectivity index (χ1v) is 12.2. The standard InChI is InChI=1S/C30H22O10/c31-15-5-1-13(2-6-15)29-21(36)11-18-22(39-29)12-20(35)25(27(18)37)26-28(38)24-19(34)9-17(33)10-23(24)40-30(26)14-3-7-16(32)8-4-14/h1-10,12,21,29,31-37H,11H2/t21-,29+/m1/s1. The first kappa shape index (κ1) is 25.0. The van der Waals surface area contributed by atoms with Crippen molar-refractivity contribution in [2.75, 3.05) is 0 Å². The van der Waals surface area contributed by atoms with E-state index in [9.17, 15) is 40.5 Å². The van der Waals surface area contributed by atoms with Crippen molar-refractivity contribution in [3.8, 4) is 62.7 Å². The average Bonchev–Trinajstić information content (AvgIpc) is 2.90. The minimum atomic E-state index is -1.13. The van der Waals surface area contributed by atoms with Crippen LogP contribution >= 0.6 is 0 Å². The Hall–Kier alpha value is -5.35. The van der Waals surface area contributed by atoms with Crippen molar-refractivity contribution in [2.45, 2.75) is 18.6 Å². The van der Waals surface area contributed by atoms with Gasteiger partial charge in [-0.05, 0) is 42.0 Å². The summed E-state index contributed by atoms with van der Waals surface area (Å²) in [7, 11) is 0. The molecule has 2 atom stereocenters. The average molecular weight is 542 g/mol. The molecule has 0 fully saturated rings. The van der Waals surface area contributed by atoms with E-state index in [0.717, 1.165) is 12.1 Å². The molecule has 6 rings (SSSR count). The van der Waals surface area contributed by atoms with Gasteiger partial charge in [0.2, 0.25) is 5.43 Å². The summed E-state index contributed by atoms with van der Waals surface area (Å²) in [6.45, 7) is 0. The van der Waals surface area contributed by atoms with Crippen molar-refractivity contribution in [2.24, 2.45) is 0 Å². The molecule has 10 heteroatoms. The number of aromatic hydroxyl groups is 6. The molecule has 2 heterocycles. The number of hydrogen-bond acceptors (Lipinski definition) is 10. The minimum Gasteiger partial charge on any atom is -0.508 e. The first-order chi connectivity index (χ1) is 19.1. The lowest BCUT2D eigenvalue weighted by atomic mass is 9.89. The Morgan fingerprint density at radius 3 is 2.05 bits per heavy atom. The lowest BCUT2D eigenvalue weighted by Crippen LogP contribution is -2.30. The maximum absolute atomic E-state index is 13.8. The maximum atomic E-state index is 13.8. The number of rotatable bonds is 3. The van der Waals surface area contributed by atoms with Gasteiger partial charge in [-0.15, -0.1) is 0 Å². The molecule has 4 aromatic carbocycles. The highest BCUT2D eigenvalue weighted by Crippen LogP contribution is 2.50. The molecule has 0 radical (unpaired) electrons. The van der Waals surface area contributed by atoms with Crippen molar-refractivity contribution in [1.29, 1.82) is 0 Å². The second kappa shape index (κ2) is 9.14. The molecule has 0 saturated heterocycles. The SMILES string of the molecule is O=c1c(-c2c(O)cc3c(c2O)C[C@@H](O)[C@H](c2ccc(O)cc2)O3)c(-c2ccc(O)cc2)oc2cc(O)cc(O)c12. The summed E-state index contributed by atoms with van der Waals surface area (Å²) in [5.41, 5.74) is -0.608. The summed E-state index contributed by atoms with van der Waals surface area (Å²) in [5, 5.41) is 72.9. The van der Waals surface area contributed by atoms with Crippen LogP contribution in [0, 0.1) is 0 Å². The molecule has 0 saturated carbocycles. The van der Waals surface area contributed by atoms with Crippen molar-refractivity contribution in [3.05, 3.63) is 88.1 Å². The third-order valence-corrected chi connectivity index (χ3v) is 6.92. The fourth-order valence-electron chi connectivity index (χ4n) is 5.03. The quantitative estimate of drug-likeness (QED) is 0.173. The minimum absolute atomic E-state index is 0.0364. The van der Waals surface area contributed by atoms with Gasteiger partial charge >= 0.3 is 0 Å². The number of aliphatic hydroxyl groups is 1. The summed E-state index contributed by atoms with van der Waals surface area (Å²) in [5.74, 6) is -2.07. The van der Waals surface area contributed by atoms with Crippen molar-refractivity contribution >= 4 is 11.0 Å². The predicted octanol–water partition coefficient (Wildman–Crippen LogP) is 4.40. The van der Waals surface area contributed by atoms with Gasteiger partial charge in [0.05, 0.1) is 17.2 Å². The molecule has 0 amide bonds. The fourth-order valence-corrected chi connectivity index (χ4v) is 5.03. The Bertz CT molecular complexity index is 1840. The Morgan fingerprint density at radius 2 is 1.38 bits per heavy atom. The third-order valence-electron chi connectivity index (χ3n) is 6.92. The molecule has 0 aliphatic carbocycles. The Kier molecular flexibility index (Phi) is 5.70. The van der Waals surface area contributed by atoms with Crippen LogP contribution in [0.3, 0.4) is 0 Å². The van der Waals surface area contributed by atoms with Gasteiger partial charge in [-0.2, -0.15) is 0 Å². The normalized spacial score (nSPS) is 16.4. The molecule has 1 aliphatic heterocycles. The molecule has 0 unspecified atom stereocenters. The predicted molar refractivity (Wildman–Crippen MR) is 143 cm³/mol. The fraction of sp³-hybridized carbons (Fsp3) is 0.100. The lowest BCUT2D eigenvalue weighted by molar-refractivity contribution is 0.0198. The van der Waals surface area contributed by atoms with Gasteiger partial charge in [-0.3, -0.25) is 4.79 Å². The molecule has 7 N–H and O–H groups in total. The molecular weight excluding hydrogens is 520 g/mol. The summed E-state index contributed by atoms with van der Waals surface area (Å²) in [6, 6.07) is 15.0. The van der Waals surface area contributed by atoms with Crippen LogP contribution in [0.15, 0.2) is 75.9 Å². The van der Waals surface area contributed by atoms with E-state index in [4.69, 9.17) is 9.15 Å². The van der Waals surface area contributed by atoms with E-state index in [1.54, 1.807) is 12.1 Å². The van der Waals surface area contributed by atoms with E-state index in [0.29, 0.717) is 5.56 Å². The van der Waals surface area contributed by atoms with Crippen molar-refractivity contribution < 1.29 is 44.9 Å². The number of aliphatic hydroxyl groups excluding tert-OH is 1. The number of phenols is 6. The highest BCUT2D eigenvalue weighted by Gasteiger charge is 2.35. The Morgan fingerprint density at radius 1 is 0.725 bits per heavy atom. The van der Waals surface area contributed by atoms with E-state index in [2.05, 4.69) is 0 Å². The third kappa shape index (κ3) is 3.98. The Labute approximate surface area is 225 Å². The number of ether oxygens (including phenoxy) is 1. The number of hydrogen-bond donors (Lipinski definition) is 7. The largest absolute Gasteiger partial charge is 0.508 e.